The number of hydrogen-bond acceptors (Lipinski definition) is 4. The predicted octanol–water partition coefficient (Wildman–Crippen LogP) is 5.80. The lowest BCUT2D eigenvalue weighted by Crippen LogP contribution is -2.27. The fourth-order valence-electron chi connectivity index (χ4n) is 5.01. The van der Waals surface area contributed by atoms with Crippen LogP contribution < -0.4 is 10.1 Å². The maximum Gasteiger partial charge on any atom is 0.220 e. The number of ether oxygens (including phenoxy) is 1. The molecule has 0 saturated heterocycles. The molecule has 3 aromatic rings. The van der Waals surface area contributed by atoms with Crippen LogP contribution in [0.1, 0.15) is 66.2 Å². The Balaban J connectivity index is 1.56. The lowest BCUT2D eigenvalue weighted by atomic mass is 9.87. The van der Waals surface area contributed by atoms with Crippen molar-refractivity contribution < 1.29 is 4.74 Å². The second-order valence-corrected chi connectivity index (χ2v) is 8.63. The van der Waals surface area contributed by atoms with Gasteiger partial charge in [-0.05, 0) is 67.7 Å². The van der Waals surface area contributed by atoms with Crippen molar-refractivity contribution in [1.29, 1.82) is 0 Å². The third kappa shape index (κ3) is 4.56. The highest BCUT2D eigenvalue weighted by atomic mass is 16.5. The molecule has 0 radical (unpaired) electrons. The number of methoxy groups -OCH3 is 1. The van der Waals surface area contributed by atoms with Gasteiger partial charge in [0.25, 0.3) is 0 Å². The van der Waals surface area contributed by atoms with Gasteiger partial charge in [0, 0.05) is 29.4 Å². The van der Waals surface area contributed by atoms with E-state index in [1.54, 1.807) is 7.11 Å². The number of hydrogen-bond donors (Lipinski definition) is 1. The van der Waals surface area contributed by atoms with Gasteiger partial charge in [-0.25, -0.2) is 4.98 Å². The number of rotatable bonds is 8. The van der Waals surface area contributed by atoms with Gasteiger partial charge in [-0.15, -0.1) is 0 Å². The summed E-state index contributed by atoms with van der Waals surface area (Å²) in [6, 6.07) is 15.8. The molecule has 1 aliphatic rings. The average Bonchev–Trinajstić information content (AvgIpc) is 2.84. The zero-order valence-electron chi connectivity index (χ0n) is 19.9. The molecule has 1 N–H and O–H groups in total. The van der Waals surface area contributed by atoms with Crippen molar-refractivity contribution in [2.75, 3.05) is 13.7 Å². The van der Waals surface area contributed by atoms with Crippen molar-refractivity contribution in [2.24, 2.45) is 0 Å². The van der Waals surface area contributed by atoms with Gasteiger partial charge in [0.1, 0.15) is 0 Å². The molecule has 0 fully saturated rings. The third-order valence-electron chi connectivity index (χ3n) is 6.73. The Kier molecular flexibility index (Phi) is 7.21. The quantitative estimate of drug-likeness (QED) is 0.492. The molecule has 0 spiro atoms. The van der Waals surface area contributed by atoms with E-state index in [4.69, 9.17) is 14.7 Å². The van der Waals surface area contributed by atoms with Crippen LogP contribution in [-0.4, -0.2) is 23.6 Å². The van der Waals surface area contributed by atoms with Crippen molar-refractivity contribution in [2.45, 2.75) is 65.3 Å². The molecule has 0 aliphatic heterocycles. The molecule has 168 valence electrons. The molecule has 0 amide bonds. The van der Waals surface area contributed by atoms with E-state index in [1.807, 2.05) is 0 Å². The lowest BCUT2D eigenvalue weighted by Gasteiger charge is -2.26. The molecule has 1 aromatic heterocycles. The second-order valence-electron chi connectivity index (χ2n) is 8.63. The topological polar surface area (TPSA) is 47.0 Å². The number of nitrogens with zero attached hydrogens (tertiary/aromatic N) is 2. The molecule has 2 aromatic carbocycles. The lowest BCUT2D eigenvalue weighted by molar-refractivity contribution is 0.389. The van der Waals surface area contributed by atoms with Crippen LogP contribution >= 0.6 is 0 Å². The van der Waals surface area contributed by atoms with Gasteiger partial charge in [0.15, 0.2) is 5.82 Å². The van der Waals surface area contributed by atoms with Crippen molar-refractivity contribution in [3.8, 4) is 17.3 Å². The summed E-state index contributed by atoms with van der Waals surface area (Å²) in [4.78, 5) is 9.83. The van der Waals surface area contributed by atoms with E-state index in [-0.39, 0.29) is 0 Å². The fraction of sp³-hybridized carbons (Fsp3) is 0.429. The smallest absolute Gasteiger partial charge is 0.220 e. The van der Waals surface area contributed by atoms with Crippen molar-refractivity contribution in [3.63, 3.8) is 0 Å². The highest BCUT2D eigenvalue weighted by Gasteiger charge is 2.21. The molecule has 4 heteroatoms. The third-order valence-corrected chi connectivity index (χ3v) is 6.73. The first kappa shape index (κ1) is 22.5. The minimum absolute atomic E-state index is 0.426. The number of benzene rings is 2. The van der Waals surface area contributed by atoms with Gasteiger partial charge < -0.3 is 10.1 Å². The Labute approximate surface area is 192 Å². The summed E-state index contributed by atoms with van der Waals surface area (Å²) in [6.45, 7) is 7.33. The first-order valence-electron chi connectivity index (χ1n) is 12.0. The highest BCUT2D eigenvalue weighted by Crippen LogP contribution is 2.31. The molecule has 32 heavy (non-hydrogen) atoms. The zero-order valence-corrected chi connectivity index (χ0v) is 19.9. The standard InChI is InChI=1S/C28H35N3O/c1-5-20-12-9-13-21(6-2)26(20)27-30-19(3)23(28(31-27)32-4)17-18-29-25-16-10-14-22-11-7-8-15-24(22)25/h7-9,11-13,15,25,29H,5-6,10,14,16-18H2,1-4H3. The van der Waals surface area contributed by atoms with Gasteiger partial charge >= 0.3 is 0 Å². The van der Waals surface area contributed by atoms with Crippen molar-refractivity contribution in [3.05, 3.63) is 76.0 Å². The average molecular weight is 430 g/mol. The van der Waals surface area contributed by atoms with E-state index in [0.717, 1.165) is 42.9 Å². The molecule has 4 nitrogen and oxygen atoms in total. The molecule has 4 rings (SSSR count). The van der Waals surface area contributed by atoms with Gasteiger partial charge in [0.2, 0.25) is 5.88 Å². The second kappa shape index (κ2) is 10.3. The van der Waals surface area contributed by atoms with E-state index in [9.17, 15) is 0 Å². The van der Waals surface area contributed by atoms with Gasteiger partial charge in [-0.3, -0.25) is 0 Å². The van der Waals surface area contributed by atoms with Crippen molar-refractivity contribution >= 4 is 0 Å². The molecule has 0 saturated carbocycles. The largest absolute Gasteiger partial charge is 0.481 e. The van der Waals surface area contributed by atoms with Crippen LogP contribution in [0.5, 0.6) is 5.88 Å². The van der Waals surface area contributed by atoms with E-state index in [0.29, 0.717) is 11.9 Å². The first-order chi connectivity index (χ1) is 15.7. The highest BCUT2D eigenvalue weighted by molar-refractivity contribution is 5.66. The van der Waals surface area contributed by atoms with Crippen LogP contribution in [0.4, 0.5) is 0 Å². The Bertz CT molecular complexity index is 1050. The summed E-state index contributed by atoms with van der Waals surface area (Å²) in [5.74, 6) is 1.48. The van der Waals surface area contributed by atoms with E-state index in [2.05, 4.69) is 68.6 Å². The number of nitrogens with one attached hydrogen (secondary N) is 1. The van der Waals surface area contributed by atoms with E-state index in [1.165, 1.54) is 47.1 Å². The Morgan fingerprint density at radius 1 is 1.00 bits per heavy atom. The Hall–Kier alpha value is -2.72. The minimum Gasteiger partial charge on any atom is -0.481 e. The zero-order chi connectivity index (χ0) is 22.5. The van der Waals surface area contributed by atoms with Crippen LogP contribution in [0.3, 0.4) is 0 Å². The summed E-state index contributed by atoms with van der Waals surface area (Å²) < 4.78 is 5.76. The molecule has 1 atom stereocenters. The summed E-state index contributed by atoms with van der Waals surface area (Å²) in [6.07, 6.45) is 6.39. The first-order valence-corrected chi connectivity index (χ1v) is 12.0. The number of aryl methyl sites for hydroxylation is 4. The molecule has 1 aliphatic carbocycles. The van der Waals surface area contributed by atoms with Crippen LogP contribution in [0.15, 0.2) is 42.5 Å². The predicted molar refractivity (Wildman–Crippen MR) is 131 cm³/mol. The molecule has 1 heterocycles. The number of aromatic nitrogens is 2. The summed E-state index contributed by atoms with van der Waals surface area (Å²) >= 11 is 0. The fourth-order valence-corrected chi connectivity index (χ4v) is 5.01. The maximum absolute atomic E-state index is 5.76. The molecular formula is C28H35N3O. The monoisotopic (exact) mass is 429 g/mol. The van der Waals surface area contributed by atoms with Crippen molar-refractivity contribution in [1.82, 2.24) is 15.3 Å². The molecule has 0 bridgehead atoms. The Morgan fingerprint density at radius 3 is 2.47 bits per heavy atom. The summed E-state index contributed by atoms with van der Waals surface area (Å²) in [5.41, 5.74) is 8.79. The van der Waals surface area contributed by atoms with Gasteiger partial charge in [-0.1, -0.05) is 56.3 Å². The SMILES string of the molecule is CCc1cccc(CC)c1-c1nc(C)c(CCNC2CCCc3ccccc32)c(OC)n1. The van der Waals surface area contributed by atoms with Crippen LogP contribution in [-0.2, 0) is 25.7 Å². The van der Waals surface area contributed by atoms with E-state index < -0.39 is 0 Å². The minimum atomic E-state index is 0.426. The molecular weight excluding hydrogens is 394 g/mol. The van der Waals surface area contributed by atoms with Crippen LogP contribution in [0, 0.1) is 6.92 Å². The summed E-state index contributed by atoms with van der Waals surface area (Å²) in [7, 11) is 1.71. The van der Waals surface area contributed by atoms with Gasteiger partial charge in [0.05, 0.1) is 7.11 Å². The molecule has 1 unspecified atom stereocenters. The number of fused-ring (bicyclic) bond motifs is 1. The van der Waals surface area contributed by atoms with Crippen LogP contribution in [0.2, 0.25) is 0 Å². The van der Waals surface area contributed by atoms with Crippen LogP contribution in [0.25, 0.3) is 11.4 Å². The van der Waals surface area contributed by atoms with E-state index >= 15 is 0 Å². The Morgan fingerprint density at radius 2 is 1.75 bits per heavy atom. The normalized spacial score (nSPS) is 15.4. The maximum atomic E-state index is 5.76. The van der Waals surface area contributed by atoms with Gasteiger partial charge in [-0.2, -0.15) is 4.98 Å². The summed E-state index contributed by atoms with van der Waals surface area (Å²) in [5, 5.41) is 3.78.